The van der Waals surface area contributed by atoms with Crippen molar-refractivity contribution < 1.29 is 4.79 Å². The first-order chi connectivity index (χ1) is 9.60. The third-order valence-electron chi connectivity index (χ3n) is 2.83. The number of hydrogen-bond acceptors (Lipinski definition) is 4. The van der Waals surface area contributed by atoms with Gasteiger partial charge in [0, 0.05) is 6.42 Å². The van der Waals surface area contributed by atoms with E-state index in [0.29, 0.717) is 23.6 Å². The zero-order chi connectivity index (χ0) is 14.5. The Morgan fingerprint density at radius 1 is 1.40 bits per heavy atom. The Bertz CT molecular complexity index is 668. The van der Waals surface area contributed by atoms with E-state index in [1.54, 1.807) is 28.9 Å². The molecule has 0 aliphatic rings. The molecule has 6 nitrogen and oxygen atoms in total. The number of nitrogens with zero attached hydrogens (tertiary/aromatic N) is 4. The molecule has 0 aliphatic heterocycles. The molecular weight excluding hydrogens is 254 g/mol. The van der Waals surface area contributed by atoms with E-state index in [1.807, 2.05) is 19.9 Å². The number of benzene rings is 1. The number of nitriles is 1. The van der Waals surface area contributed by atoms with Crippen LogP contribution in [0.4, 0.5) is 5.69 Å². The number of para-hydroxylation sites is 1. The van der Waals surface area contributed by atoms with Crippen LogP contribution >= 0.6 is 0 Å². The molecule has 0 atom stereocenters. The van der Waals surface area contributed by atoms with Crippen molar-refractivity contribution in [1.29, 1.82) is 5.26 Å². The van der Waals surface area contributed by atoms with Crippen molar-refractivity contribution in [1.82, 2.24) is 14.8 Å². The zero-order valence-corrected chi connectivity index (χ0v) is 11.4. The summed E-state index contributed by atoms with van der Waals surface area (Å²) in [6, 6.07) is 8.96. The second kappa shape index (κ2) is 5.97. The summed E-state index contributed by atoms with van der Waals surface area (Å²) in [6.45, 7) is 4.13. The molecule has 0 aliphatic carbocycles. The van der Waals surface area contributed by atoms with Crippen molar-refractivity contribution in [2.24, 2.45) is 0 Å². The summed E-state index contributed by atoms with van der Waals surface area (Å²) in [6.07, 6.45) is 0.281. The molecule has 1 N–H and O–H groups in total. The second-order valence-electron chi connectivity index (χ2n) is 4.38. The fraction of sp³-hybridized carbons (Fsp3) is 0.286. The normalized spacial score (nSPS) is 10.1. The lowest BCUT2D eigenvalue weighted by Crippen LogP contribution is -2.16. The number of nitrogens with one attached hydrogen (secondary N) is 1. The third kappa shape index (κ3) is 3.20. The molecule has 2 aromatic rings. The van der Waals surface area contributed by atoms with E-state index >= 15 is 0 Å². The minimum Gasteiger partial charge on any atom is -0.325 e. The summed E-state index contributed by atoms with van der Waals surface area (Å²) >= 11 is 0. The van der Waals surface area contributed by atoms with Gasteiger partial charge < -0.3 is 5.32 Å². The number of anilines is 1. The van der Waals surface area contributed by atoms with Crippen LogP contribution in [-0.2, 0) is 11.3 Å². The zero-order valence-electron chi connectivity index (χ0n) is 11.4. The van der Waals surface area contributed by atoms with Crippen LogP contribution < -0.4 is 5.32 Å². The van der Waals surface area contributed by atoms with Crippen LogP contribution in [0.5, 0.6) is 0 Å². The summed E-state index contributed by atoms with van der Waals surface area (Å²) in [5.41, 5.74) is 0.986. The van der Waals surface area contributed by atoms with E-state index in [2.05, 4.69) is 15.4 Å². The standard InChI is InChI=1S/C14H15N5O/c1-10-16-11(2)19(18-10)8-7-14(20)17-13-6-4-3-5-12(13)9-15/h3-6H,7-8H2,1-2H3,(H,17,20). The minimum absolute atomic E-state index is 0.153. The average Bonchev–Trinajstić information content (AvgIpc) is 2.75. The van der Waals surface area contributed by atoms with E-state index in [-0.39, 0.29) is 12.3 Å². The van der Waals surface area contributed by atoms with Crippen LogP contribution in [0.1, 0.15) is 23.6 Å². The molecule has 0 fully saturated rings. The van der Waals surface area contributed by atoms with Gasteiger partial charge in [0.25, 0.3) is 0 Å². The van der Waals surface area contributed by atoms with Gasteiger partial charge in [0.15, 0.2) is 0 Å². The van der Waals surface area contributed by atoms with Crippen molar-refractivity contribution in [3.63, 3.8) is 0 Å². The molecule has 1 aromatic carbocycles. The highest BCUT2D eigenvalue weighted by molar-refractivity contribution is 5.91. The maximum atomic E-state index is 11.9. The molecule has 0 spiro atoms. The van der Waals surface area contributed by atoms with Gasteiger partial charge in [-0.25, -0.2) is 9.67 Å². The SMILES string of the molecule is Cc1nc(C)n(CCC(=O)Nc2ccccc2C#N)n1. The summed E-state index contributed by atoms with van der Waals surface area (Å²) in [7, 11) is 0. The average molecular weight is 269 g/mol. The fourth-order valence-electron chi connectivity index (χ4n) is 1.88. The van der Waals surface area contributed by atoms with Gasteiger partial charge in [-0.05, 0) is 26.0 Å². The predicted octanol–water partition coefficient (Wildman–Crippen LogP) is 1.80. The monoisotopic (exact) mass is 269 g/mol. The van der Waals surface area contributed by atoms with Gasteiger partial charge in [-0.2, -0.15) is 10.4 Å². The number of amides is 1. The van der Waals surface area contributed by atoms with Gasteiger partial charge >= 0.3 is 0 Å². The fourth-order valence-corrected chi connectivity index (χ4v) is 1.88. The van der Waals surface area contributed by atoms with Crippen LogP contribution in [0, 0.1) is 25.2 Å². The van der Waals surface area contributed by atoms with Crippen LogP contribution in [0.25, 0.3) is 0 Å². The summed E-state index contributed by atoms with van der Waals surface area (Å²) in [4.78, 5) is 16.1. The number of aryl methyl sites for hydroxylation is 3. The molecule has 0 saturated carbocycles. The van der Waals surface area contributed by atoms with Crippen LogP contribution in [0.3, 0.4) is 0 Å². The highest BCUT2D eigenvalue weighted by Gasteiger charge is 2.08. The molecule has 0 unspecified atom stereocenters. The number of carbonyl (C=O) groups is 1. The Hall–Kier alpha value is -2.68. The molecule has 2 rings (SSSR count). The number of rotatable bonds is 4. The van der Waals surface area contributed by atoms with Crippen molar-refractivity contribution in [2.75, 3.05) is 5.32 Å². The van der Waals surface area contributed by atoms with E-state index in [0.717, 1.165) is 5.82 Å². The number of carbonyl (C=O) groups excluding carboxylic acids is 1. The lowest BCUT2D eigenvalue weighted by molar-refractivity contribution is -0.116. The van der Waals surface area contributed by atoms with E-state index in [1.165, 1.54) is 0 Å². The van der Waals surface area contributed by atoms with E-state index in [9.17, 15) is 4.79 Å². The van der Waals surface area contributed by atoms with Crippen molar-refractivity contribution >= 4 is 11.6 Å². The Morgan fingerprint density at radius 2 is 2.15 bits per heavy atom. The molecule has 6 heteroatoms. The van der Waals surface area contributed by atoms with Crippen molar-refractivity contribution in [2.45, 2.75) is 26.8 Å². The molecule has 1 amide bonds. The Labute approximate surface area is 117 Å². The topological polar surface area (TPSA) is 83.6 Å². The molecule has 1 aromatic heterocycles. The first-order valence-electron chi connectivity index (χ1n) is 6.27. The quantitative estimate of drug-likeness (QED) is 0.917. The lowest BCUT2D eigenvalue weighted by Gasteiger charge is -2.07. The summed E-state index contributed by atoms with van der Waals surface area (Å²) in [5, 5.41) is 15.9. The molecule has 0 saturated heterocycles. The minimum atomic E-state index is -0.153. The molecule has 102 valence electrons. The highest BCUT2D eigenvalue weighted by Crippen LogP contribution is 2.13. The van der Waals surface area contributed by atoms with Crippen molar-refractivity contribution in [3.05, 3.63) is 41.5 Å². The maximum Gasteiger partial charge on any atom is 0.226 e. The molecule has 1 heterocycles. The number of hydrogen-bond donors (Lipinski definition) is 1. The smallest absolute Gasteiger partial charge is 0.226 e. The van der Waals surface area contributed by atoms with Crippen molar-refractivity contribution in [3.8, 4) is 6.07 Å². The number of aromatic nitrogens is 3. The Kier molecular flexibility index (Phi) is 4.11. The van der Waals surface area contributed by atoms with Gasteiger partial charge in [-0.1, -0.05) is 12.1 Å². The first-order valence-corrected chi connectivity index (χ1v) is 6.27. The molecule has 0 radical (unpaired) electrons. The molecular formula is C14H15N5O. The largest absolute Gasteiger partial charge is 0.325 e. The van der Waals surface area contributed by atoms with Gasteiger partial charge in [0.05, 0.1) is 17.8 Å². The second-order valence-corrected chi connectivity index (χ2v) is 4.38. The van der Waals surface area contributed by atoms with Gasteiger partial charge in [-0.15, -0.1) is 0 Å². The molecule has 0 bridgehead atoms. The first kappa shape index (κ1) is 13.7. The highest BCUT2D eigenvalue weighted by atomic mass is 16.1. The molecule has 20 heavy (non-hydrogen) atoms. The van der Waals surface area contributed by atoms with Gasteiger partial charge in [0.1, 0.15) is 17.7 Å². The predicted molar refractivity (Wildman–Crippen MR) is 73.9 cm³/mol. The third-order valence-corrected chi connectivity index (χ3v) is 2.83. The summed E-state index contributed by atoms with van der Waals surface area (Å²) < 4.78 is 1.70. The summed E-state index contributed by atoms with van der Waals surface area (Å²) in [5.74, 6) is 1.32. The van der Waals surface area contributed by atoms with Crippen LogP contribution in [-0.4, -0.2) is 20.7 Å². The van der Waals surface area contributed by atoms with E-state index in [4.69, 9.17) is 5.26 Å². The Morgan fingerprint density at radius 3 is 2.80 bits per heavy atom. The van der Waals surface area contributed by atoms with Gasteiger partial charge in [-0.3, -0.25) is 4.79 Å². The van der Waals surface area contributed by atoms with Crippen LogP contribution in [0.2, 0.25) is 0 Å². The Balaban J connectivity index is 1.96. The van der Waals surface area contributed by atoms with Gasteiger partial charge in [0.2, 0.25) is 5.91 Å². The van der Waals surface area contributed by atoms with Crippen LogP contribution in [0.15, 0.2) is 24.3 Å². The lowest BCUT2D eigenvalue weighted by atomic mass is 10.2. The van der Waals surface area contributed by atoms with E-state index < -0.39 is 0 Å². The maximum absolute atomic E-state index is 11.9.